The average molecular weight is 309 g/mol. The highest BCUT2D eigenvalue weighted by Gasteiger charge is 2.24. The van der Waals surface area contributed by atoms with Gasteiger partial charge >= 0.3 is 0 Å². The van der Waals surface area contributed by atoms with E-state index in [9.17, 15) is 4.79 Å². The number of benzene rings is 1. The number of nitrogens with one attached hydrogen (secondary N) is 1. The minimum absolute atomic E-state index is 0. The molecule has 2 saturated heterocycles. The van der Waals surface area contributed by atoms with Crippen LogP contribution in [0.5, 0.6) is 0 Å². The summed E-state index contributed by atoms with van der Waals surface area (Å²) in [5.74, 6) is 0.792. The number of hydrogen-bond acceptors (Lipinski definition) is 2. The predicted molar refractivity (Wildman–Crippen MR) is 88.3 cm³/mol. The van der Waals surface area contributed by atoms with Gasteiger partial charge in [-0.25, -0.2) is 0 Å². The highest BCUT2D eigenvalue weighted by atomic mass is 35.5. The third kappa shape index (κ3) is 3.78. The van der Waals surface area contributed by atoms with Crippen molar-refractivity contribution < 1.29 is 4.79 Å². The van der Waals surface area contributed by atoms with Crippen LogP contribution in [0, 0.1) is 0 Å². The van der Waals surface area contributed by atoms with Gasteiger partial charge in [-0.3, -0.25) is 4.79 Å². The Morgan fingerprint density at radius 1 is 1.05 bits per heavy atom. The Kier molecular flexibility index (Phi) is 6.07. The molecule has 3 nitrogen and oxygen atoms in total. The number of nitrogens with zero attached hydrogens (tertiary/aromatic N) is 1. The van der Waals surface area contributed by atoms with Crippen molar-refractivity contribution in [2.45, 2.75) is 38.0 Å². The number of carbonyl (C=O) groups is 1. The molecule has 0 aromatic heterocycles. The Bertz CT molecular complexity index is 466. The molecule has 4 heteroatoms. The SMILES string of the molecule is Cl.O=C(c1ccccc1C1CCNCC1)N1CCCCC1. The molecule has 3 rings (SSSR count). The van der Waals surface area contributed by atoms with Crippen molar-refractivity contribution in [1.29, 1.82) is 0 Å². The van der Waals surface area contributed by atoms with E-state index in [1.165, 1.54) is 12.0 Å². The van der Waals surface area contributed by atoms with Gasteiger partial charge in [0.2, 0.25) is 0 Å². The average Bonchev–Trinajstić information content (AvgIpc) is 2.56. The molecule has 1 aromatic rings. The zero-order chi connectivity index (χ0) is 13.8. The molecule has 0 bridgehead atoms. The molecule has 2 heterocycles. The van der Waals surface area contributed by atoms with E-state index in [2.05, 4.69) is 17.4 Å². The standard InChI is InChI=1S/C17H24N2O.ClH/c20-17(19-12-4-1-5-13-19)16-7-3-2-6-15(16)14-8-10-18-11-9-14;/h2-3,6-7,14,18H,1,4-5,8-13H2;1H. The molecular weight excluding hydrogens is 284 g/mol. The van der Waals surface area contributed by atoms with Crippen molar-refractivity contribution in [2.75, 3.05) is 26.2 Å². The number of halogens is 1. The van der Waals surface area contributed by atoms with Gasteiger partial charge in [0.25, 0.3) is 5.91 Å². The molecule has 2 fully saturated rings. The Balaban J connectivity index is 0.00000161. The lowest BCUT2D eigenvalue weighted by Crippen LogP contribution is -2.36. The first-order valence-corrected chi connectivity index (χ1v) is 7.95. The van der Waals surface area contributed by atoms with E-state index in [-0.39, 0.29) is 18.3 Å². The lowest BCUT2D eigenvalue weighted by molar-refractivity contribution is 0.0722. The summed E-state index contributed by atoms with van der Waals surface area (Å²) in [6.07, 6.45) is 5.86. The highest BCUT2D eigenvalue weighted by Crippen LogP contribution is 2.29. The highest BCUT2D eigenvalue weighted by molar-refractivity contribution is 5.96. The van der Waals surface area contributed by atoms with E-state index < -0.39 is 0 Å². The van der Waals surface area contributed by atoms with Gasteiger partial charge < -0.3 is 10.2 Å². The van der Waals surface area contributed by atoms with E-state index in [1.807, 2.05) is 17.0 Å². The minimum Gasteiger partial charge on any atom is -0.339 e. The van der Waals surface area contributed by atoms with Crippen LogP contribution in [0.3, 0.4) is 0 Å². The Morgan fingerprint density at radius 3 is 2.43 bits per heavy atom. The summed E-state index contributed by atoms with van der Waals surface area (Å²) in [5.41, 5.74) is 2.21. The summed E-state index contributed by atoms with van der Waals surface area (Å²) in [4.78, 5) is 14.8. The molecule has 0 aliphatic carbocycles. The van der Waals surface area contributed by atoms with Crippen LogP contribution >= 0.6 is 12.4 Å². The first kappa shape index (κ1) is 16.3. The van der Waals surface area contributed by atoms with Crippen LogP contribution in [0.25, 0.3) is 0 Å². The molecule has 2 aliphatic rings. The number of piperidine rings is 2. The molecule has 1 amide bonds. The number of rotatable bonds is 2. The second kappa shape index (κ2) is 7.81. The molecule has 1 aromatic carbocycles. The van der Waals surface area contributed by atoms with E-state index in [0.717, 1.165) is 57.4 Å². The van der Waals surface area contributed by atoms with Gasteiger partial charge in [-0.15, -0.1) is 12.4 Å². The Hall–Kier alpha value is -1.06. The first-order valence-electron chi connectivity index (χ1n) is 7.95. The maximum absolute atomic E-state index is 12.8. The van der Waals surface area contributed by atoms with Gasteiger partial charge in [-0.2, -0.15) is 0 Å². The molecule has 116 valence electrons. The lowest BCUT2D eigenvalue weighted by Gasteiger charge is -2.30. The number of likely N-dealkylation sites (tertiary alicyclic amines) is 1. The molecule has 0 saturated carbocycles. The zero-order valence-electron chi connectivity index (χ0n) is 12.5. The summed E-state index contributed by atoms with van der Waals surface area (Å²) in [6, 6.07) is 8.26. The van der Waals surface area contributed by atoms with Gasteiger partial charge in [0.05, 0.1) is 0 Å². The third-order valence-corrected chi connectivity index (χ3v) is 4.61. The molecular formula is C17H25ClN2O. The second-order valence-electron chi connectivity index (χ2n) is 5.96. The topological polar surface area (TPSA) is 32.3 Å². The number of amides is 1. The van der Waals surface area contributed by atoms with Crippen molar-refractivity contribution >= 4 is 18.3 Å². The van der Waals surface area contributed by atoms with Gasteiger partial charge in [0.15, 0.2) is 0 Å². The lowest BCUT2D eigenvalue weighted by atomic mass is 9.86. The summed E-state index contributed by atoms with van der Waals surface area (Å²) in [7, 11) is 0. The number of carbonyl (C=O) groups excluding carboxylic acids is 1. The van der Waals surface area contributed by atoms with Gasteiger partial charge in [-0.05, 0) is 62.7 Å². The summed E-state index contributed by atoms with van der Waals surface area (Å²) >= 11 is 0. The fourth-order valence-corrected chi connectivity index (χ4v) is 3.45. The largest absolute Gasteiger partial charge is 0.339 e. The molecule has 1 N–H and O–H groups in total. The molecule has 2 aliphatic heterocycles. The van der Waals surface area contributed by atoms with Crippen molar-refractivity contribution in [3.05, 3.63) is 35.4 Å². The van der Waals surface area contributed by atoms with Gasteiger partial charge in [0.1, 0.15) is 0 Å². The first-order chi connectivity index (χ1) is 9.86. The maximum atomic E-state index is 12.8. The van der Waals surface area contributed by atoms with Crippen LogP contribution in [-0.2, 0) is 0 Å². The molecule has 0 unspecified atom stereocenters. The number of hydrogen-bond donors (Lipinski definition) is 1. The van der Waals surface area contributed by atoms with Crippen LogP contribution in [-0.4, -0.2) is 37.0 Å². The maximum Gasteiger partial charge on any atom is 0.254 e. The van der Waals surface area contributed by atoms with E-state index in [0.29, 0.717) is 5.92 Å². The third-order valence-electron chi connectivity index (χ3n) is 4.61. The minimum atomic E-state index is 0. The van der Waals surface area contributed by atoms with Crippen LogP contribution in [0.4, 0.5) is 0 Å². The Morgan fingerprint density at radius 2 is 1.71 bits per heavy atom. The van der Waals surface area contributed by atoms with Crippen molar-refractivity contribution in [1.82, 2.24) is 10.2 Å². The quantitative estimate of drug-likeness (QED) is 0.910. The van der Waals surface area contributed by atoms with Gasteiger partial charge in [-0.1, -0.05) is 18.2 Å². The van der Waals surface area contributed by atoms with Gasteiger partial charge in [0, 0.05) is 18.7 Å². The summed E-state index contributed by atoms with van der Waals surface area (Å²) in [6.45, 7) is 3.99. The van der Waals surface area contributed by atoms with Crippen molar-refractivity contribution in [3.63, 3.8) is 0 Å². The summed E-state index contributed by atoms with van der Waals surface area (Å²) in [5, 5.41) is 3.40. The van der Waals surface area contributed by atoms with E-state index >= 15 is 0 Å². The normalized spacial score (nSPS) is 19.9. The van der Waals surface area contributed by atoms with Crippen LogP contribution in [0.15, 0.2) is 24.3 Å². The fourth-order valence-electron chi connectivity index (χ4n) is 3.45. The van der Waals surface area contributed by atoms with Crippen molar-refractivity contribution in [3.8, 4) is 0 Å². The smallest absolute Gasteiger partial charge is 0.254 e. The van der Waals surface area contributed by atoms with Crippen LogP contribution < -0.4 is 5.32 Å². The zero-order valence-corrected chi connectivity index (χ0v) is 13.3. The predicted octanol–water partition coefficient (Wildman–Crippen LogP) is 3.20. The Labute approximate surface area is 133 Å². The van der Waals surface area contributed by atoms with Crippen LogP contribution in [0.2, 0.25) is 0 Å². The molecule has 0 atom stereocenters. The molecule has 0 spiro atoms. The summed E-state index contributed by atoms with van der Waals surface area (Å²) < 4.78 is 0. The molecule has 21 heavy (non-hydrogen) atoms. The molecule has 0 radical (unpaired) electrons. The van der Waals surface area contributed by atoms with Crippen LogP contribution in [0.1, 0.15) is 53.9 Å². The van der Waals surface area contributed by atoms with E-state index in [4.69, 9.17) is 0 Å². The monoisotopic (exact) mass is 308 g/mol. The fraction of sp³-hybridized carbons (Fsp3) is 0.588. The second-order valence-corrected chi connectivity index (χ2v) is 5.96. The van der Waals surface area contributed by atoms with Crippen molar-refractivity contribution in [2.24, 2.45) is 0 Å². The van der Waals surface area contributed by atoms with E-state index in [1.54, 1.807) is 0 Å².